The molecule has 0 heterocycles. The summed E-state index contributed by atoms with van der Waals surface area (Å²) in [6, 6.07) is 22.6. The summed E-state index contributed by atoms with van der Waals surface area (Å²) in [5.41, 5.74) is -4.48. The van der Waals surface area contributed by atoms with E-state index in [9.17, 15) is 21.6 Å². The molecule has 0 aliphatic rings. The van der Waals surface area contributed by atoms with Gasteiger partial charge in [0, 0.05) is 5.56 Å². The minimum Gasteiger partial charge on any atom is -0.488 e. The number of hydrogen-bond acceptors (Lipinski definition) is 6. The molecule has 0 spiro atoms. The lowest BCUT2D eigenvalue weighted by Crippen LogP contribution is -2.22. The summed E-state index contributed by atoms with van der Waals surface area (Å²) in [6.45, 7) is 5.93. The molecule has 0 aliphatic heterocycles. The number of benzene rings is 3. The summed E-state index contributed by atoms with van der Waals surface area (Å²) in [5, 5.41) is 0. The molecule has 0 unspecified atom stereocenters. The van der Waals surface area contributed by atoms with Gasteiger partial charge in [0.1, 0.15) is 22.0 Å². The first-order valence-electron chi connectivity index (χ1n) is 9.91. The Morgan fingerprint density at radius 1 is 0.714 bits per heavy atom. The highest BCUT2D eigenvalue weighted by Crippen LogP contribution is 2.31. The number of halogens is 3. The fraction of sp³-hybridized carbons (Fsp3) is 0.217. The van der Waals surface area contributed by atoms with Crippen LogP contribution >= 0.6 is 0 Å². The van der Waals surface area contributed by atoms with Crippen LogP contribution in [-0.2, 0) is 20.2 Å². The maximum atomic E-state index is 12.8. The fourth-order valence-electron chi connectivity index (χ4n) is 2.63. The minimum atomic E-state index is -5.84. The van der Waals surface area contributed by atoms with Crippen molar-refractivity contribution in [1.82, 2.24) is 0 Å². The summed E-state index contributed by atoms with van der Waals surface area (Å²) >= 11 is 0. The molecule has 0 aliphatic carbocycles. The smallest absolute Gasteiger partial charge is 0.488 e. The highest BCUT2D eigenvalue weighted by molar-refractivity contribution is 7.87. The van der Waals surface area contributed by atoms with E-state index in [-0.39, 0.29) is 16.2 Å². The molecule has 12 heteroatoms. The van der Waals surface area contributed by atoms with Crippen LogP contribution in [-0.4, -0.2) is 32.5 Å². The van der Waals surface area contributed by atoms with Crippen molar-refractivity contribution in [2.75, 3.05) is 0 Å². The molecule has 0 amide bonds. The Morgan fingerprint density at radius 3 is 1.69 bits per heavy atom. The number of hydrogen-bond donors (Lipinski definition) is 1. The topological polar surface area (TPSA) is 107 Å². The van der Waals surface area contributed by atoms with Crippen molar-refractivity contribution in [3.63, 3.8) is 0 Å². The van der Waals surface area contributed by atoms with Gasteiger partial charge in [0.25, 0.3) is 0 Å². The van der Waals surface area contributed by atoms with Crippen molar-refractivity contribution in [1.29, 1.82) is 0 Å². The molecule has 0 bridgehead atoms. The van der Waals surface area contributed by atoms with Gasteiger partial charge in [-0.3, -0.25) is 4.55 Å². The van der Waals surface area contributed by atoms with E-state index in [1.807, 2.05) is 45.0 Å². The Kier molecular flexibility index (Phi) is 8.58. The molecular formula is C23H23F3O7S2. The fourth-order valence-corrected chi connectivity index (χ4v) is 3.78. The van der Waals surface area contributed by atoms with Gasteiger partial charge in [-0.1, -0.05) is 48.5 Å². The summed E-state index contributed by atoms with van der Waals surface area (Å²) < 4.78 is 94.3. The van der Waals surface area contributed by atoms with Crippen LogP contribution in [0.2, 0.25) is 0 Å². The molecule has 0 fully saturated rings. The molecule has 0 radical (unpaired) electrons. The third kappa shape index (κ3) is 8.57. The molecule has 0 saturated heterocycles. The molecule has 3 aromatic rings. The lowest BCUT2D eigenvalue weighted by atomic mass is 10.1. The van der Waals surface area contributed by atoms with Gasteiger partial charge in [-0.05, 0) is 56.7 Å². The van der Waals surface area contributed by atoms with Gasteiger partial charge >= 0.3 is 25.7 Å². The molecule has 3 aromatic carbocycles. The average molecular weight is 533 g/mol. The quantitative estimate of drug-likeness (QED) is 0.255. The van der Waals surface area contributed by atoms with E-state index in [1.165, 1.54) is 0 Å². The van der Waals surface area contributed by atoms with Crippen LogP contribution in [0.15, 0.2) is 83.8 Å². The highest BCUT2D eigenvalue weighted by atomic mass is 32.2. The van der Waals surface area contributed by atoms with Crippen molar-refractivity contribution < 1.29 is 43.5 Å². The summed E-state index contributed by atoms with van der Waals surface area (Å²) in [6.07, 6.45) is 0. The van der Waals surface area contributed by atoms with Gasteiger partial charge in [0.05, 0.1) is 0 Å². The Bertz CT molecular complexity index is 1330. The first-order chi connectivity index (χ1) is 16.0. The monoisotopic (exact) mass is 532 g/mol. The standard InChI is InChI=1S/C22H22O4S.CHF3O3S/c1-22(2,3)25-18-15-13-17(14-16-18)20-11-7-8-12-21(20)27(23,24)26-19-9-5-4-6-10-19;2-1(3,4)8(5,6)7/h4-16H,1-3H3;(H,5,6,7). The van der Waals surface area contributed by atoms with Crippen LogP contribution in [0, 0.1) is 0 Å². The molecule has 190 valence electrons. The van der Waals surface area contributed by atoms with E-state index in [2.05, 4.69) is 0 Å². The zero-order valence-corrected chi connectivity index (χ0v) is 20.5. The Morgan fingerprint density at radius 2 is 1.20 bits per heavy atom. The van der Waals surface area contributed by atoms with Crippen molar-refractivity contribution in [3.05, 3.63) is 78.9 Å². The van der Waals surface area contributed by atoms with E-state index in [1.54, 1.807) is 54.6 Å². The second-order valence-corrected chi connectivity index (χ2v) is 10.9. The SMILES string of the molecule is CC(C)(C)Oc1ccc(-c2ccccc2S(=O)(=O)Oc2ccccc2)cc1.O=S(=O)(O)C(F)(F)F. The van der Waals surface area contributed by atoms with Crippen LogP contribution < -0.4 is 8.92 Å². The summed E-state index contributed by atoms with van der Waals surface area (Å²) in [5.74, 6) is 1.01. The van der Waals surface area contributed by atoms with Crippen LogP contribution in [0.5, 0.6) is 11.5 Å². The molecule has 1 N–H and O–H groups in total. The zero-order chi connectivity index (χ0) is 26.5. The van der Waals surface area contributed by atoms with Crippen molar-refractivity contribution in [2.45, 2.75) is 36.8 Å². The van der Waals surface area contributed by atoms with Gasteiger partial charge < -0.3 is 8.92 Å². The molecular weight excluding hydrogens is 509 g/mol. The largest absolute Gasteiger partial charge is 0.522 e. The molecule has 0 saturated carbocycles. The third-order valence-corrected chi connectivity index (χ3v) is 5.88. The lowest BCUT2D eigenvalue weighted by Gasteiger charge is -2.21. The van der Waals surface area contributed by atoms with E-state index >= 15 is 0 Å². The first kappa shape index (κ1) is 28.1. The number of para-hydroxylation sites is 1. The van der Waals surface area contributed by atoms with Crippen LogP contribution in [0.3, 0.4) is 0 Å². The Labute approximate surface area is 202 Å². The summed E-state index contributed by atoms with van der Waals surface area (Å²) in [7, 11) is -9.80. The zero-order valence-electron chi connectivity index (χ0n) is 18.9. The number of rotatable bonds is 5. The predicted octanol–water partition coefficient (Wildman–Crippen LogP) is 5.69. The second-order valence-electron chi connectivity index (χ2n) is 8.01. The third-order valence-electron chi connectivity index (χ3n) is 3.99. The van der Waals surface area contributed by atoms with Gasteiger partial charge in [-0.15, -0.1) is 0 Å². The van der Waals surface area contributed by atoms with Gasteiger partial charge in [0.15, 0.2) is 0 Å². The van der Waals surface area contributed by atoms with Crippen LogP contribution in [0.1, 0.15) is 20.8 Å². The maximum Gasteiger partial charge on any atom is 0.522 e. The van der Waals surface area contributed by atoms with Crippen molar-refractivity contribution in [2.24, 2.45) is 0 Å². The van der Waals surface area contributed by atoms with E-state index < -0.39 is 25.7 Å². The highest BCUT2D eigenvalue weighted by Gasteiger charge is 2.44. The second kappa shape index (κ2) is 10.7. The number of ether oxygens (including phenoxy) is 1. The first-order valence-corrected chi connectivity index (χ1v) is 12.8. The Hall–Kier alpha value is -3.09. The molecule has 0 atom stereocenters. The molecule has 3 rings (SSSR count). The van der Waals surface area contributed by atoms with E-state index in [0.717, 1.165) is 11.3 Å². The predicted molar refractivity (Wildman–Crippen MR) is 124 cm³/mol. The summed E-state index contributed by atoms with van der Waals surface area (Å²) in [4.78, 5) is 0.123. The maximum absolute atomic E-state index is 12.8. The molecule has 7 nitrogen and oxygen atoms in total. The van der Waals surface area contributed by atoms with Crippen LogP contribution in [0.4, 0.5) is 13.2 Å². The minimum absolute atomic E-state index is 0.123. The van der Waals surface area contributed by atoms with Gasteiger partial charge in [-0.25, -0.2) is 0 Å². The average Bonchev–Trinajstić information content (AvgIpc) is 2.73. The molecule has 0 aromatic heterocycles. The van der Waals surface area contributed by atoms with Crippen LogP contribution in [0.25, 0.3) is 11.1 Å². The molecule has 35 heavy (non-hydrogen) atoms. The normalized spacial score (nSPS) is 12.3. The van der Waals surface area contributed by atoms with E-state index in [0.29, 0.717) is 5.56 Å². The number of alkyl halides is 3. The van der Waals surface area contributed by atoms with Gasteiger partial charge in [0.2, 0.25) is 0 Å². The lowest BCUT2D eigenvalue weighted by molar-refractivity contribution is -0.0510. The van der Waals surface area contributed by atoms with Crippen molar-refractivity contribution in [3.8, 4) is 22.6 Å². The Balaban J connectivity index is 0.000000466. The van der Waals surface area contributed by atoms with Crippen molar-refractivity contribution >= 4 is 20.2 Å². The van der Waals surface area contributed by atoms with E-state index in [4.69, 9.17) is 21.9 Å². The van der Waals surface area contributed by atoms with Gasteiger partial charge in [-0.2, -0.15) is 30.0 Å².